The summed E-state index contributed by atoms with van der Waals surface area (Å²) >= 11 is 6.15. The van der Waals surface area contributed by atoms with Gasteiger partial charge in [0, 0.05) is 58.1 Å². The molecule has 0 atom stereocenters. The van der Waals surface area contributed by atoms with E-state index >= 15 is 0 Å². The van der Waals surface area contributed by atoms with Gasteiger partial charge >= 0.3 is 0 Å². The predicted molar refractivity (Wildman–Crippen MR) is 142 cm³/mol. The van der Waals surface area contributed by atoms with Crippen molar-refractivity contribution in [3.8, 4) is 0 Å². The zero-order valence-corrected chi connectivity index (χ0v) is 21.1. The van der Waals surface area contributed by atoms with E-state index in [1.165, 1.54) is 9.82 Å². The van der Waals surface area contributed by atoms with Crippen LogP contribution in [-0.4, -0.2) is 36.3 Å². The van der Waals surface area contributed by atoms with Gasteiger partial charge in [0.1, 0.15) is 0 Å². The summed E-state index contributed by atoms with van der Waals surface area (Å²) in [4.78, 5) is 13.0. The molecule has 1 amide bonds. The van der Waals surface area contributed by atoms with Gasteiger partial charge < -0.3 is 9.88 Å². The molecule has 0 unspecified atom stereocenters. The van der Waals surface area contributed by atoms with Gasteiger partial charge in [-0.15, -0.1) is 0 Å². The molecule has 0 bridgehead atoms. The lowest BCUT2D eigenvalue weighted by Gasteiger charge is -2.30. The van der Waals surface area contributed by atoms with Crippen LogP contribution in [0.1, 0.15) is 25.3 Å². The van der Waals surface area contributed by atoms with Crippen LogP contribution >= 0.6 is 11.6 Å². The highest BCUT2D eigenvalue weighted by Gasteiger charge is 2.31. The Hall–Kier alpha value is -2.87. The van der Waals surface area contributed by atoms with Crippen molar-refractivity contribution in [1.29, 1.82) is 0 Å². The number of piperidine rings is 1. The third kappa shape index (κ3) is 4.68. The number of carbonyl (C=O) groups is 1. The Balaban J connectivity index is 1.26. The Kier molecular flexibility index (Phi) is 6.57. The summed E-state index contributed by atoms with van der Waals surface area (Å²) in [5, 5.41) is 5.79. The molecular weight excluding hydrogens is 482 g/mol. The highest BCUT2D eigenvalue weighted by molar-refractivity contribution is 7.88. The molecule has 1 fully saturated rings. The molecule has 0 aliphatic carbocycles. The first-order chi connectivity index (χ1) is 16.9. The number of rotatable bonds is 6. The van der Waals surface area contributed by atoms with Crippen LogP contribution in [-0.2, 0) is 27.1 Å². The van der Waals surface area contributed by atoms with Gasteiger partial charge in [-0.3, -0.25) is 4.79 Å². The molecule has 1 saturated heterocycles. The van der Waals surface area contributed by atoms with Crippen molar-refractivity contribution in [3.63, 3.8) is 0 Å². The van der Waals surface area contributed by atoms with E-state index < -0.39 is 10.0 Å². The molecule has 8 heteroatoms. The number of nitrogens with zero attached hydrogens (tertiary/aromatic N) is 2. The molecule has 1 aromatic heterocycles. The number of amides is 1. The van der Waals surface area contributed by atoms with Crippen molar-refractivity contribution in [2.24, 2.45) is 5.92 Å². The maximum atomic E-state index is 13.0. The molecule has 3 aromatic carbocycles. The van der Waals surface area contributed by atoms with Crippen LogP contribution in [0.25, 0.3) is 21.8 Å². The van der Waals surface area contributed by atoms with Crippen LogP contribution in [0.15, 0.2) is 66.7 Å². The molecule has 5 rings (SSSR count). The summed E-state index contributed by atoms with van der Waals surface area (Å²) < 4.78 is 29.5. The highest BCUT2D eigenvalue weighted by Crippen LogP contribution is 2.31. The number of aryl methyl sites for hydroxylation is 1. The average molecular weight is 510 g/mol. The summed E-state index contributed by atoms with van der Waals surface area (Å²) in [5.74, 6) is -0.421. The lowest BCUT2D eigenvalue weighted by atomic mass is 9.97. The van der Waals surface area contributed by atoms with E-state index in [1.807, 2.05) is 24.3 Å². The first kappa shape index (κ1) is 23.9. The number of para-hydroxylation sites is 1. The Labute approximate surface area is 210 Å². The summed E-state index contributed by atoms with van der Waals surface area (Å²) in [6.45, 7) is 3.65. The van der Waals surface area contributed by atoms with Crippen LogP contribution in [0, 0.1) is 5.92 Å². The third-order valence-corrected chi connectivity index (χ3v) is 9.07. The number of hydrogen-bond acceptors (Lipinski definition) is 3. The Morgan fingerprint density at radius 1 is 0.971 bits per heavy atom. The normalized spacial score (nSPS) is 15.6. The number of halogens is 1. The van der Waals surface area contributed by atoms with E-state index in [9.17, 15) is 13.2 Å². The van der Waals surface area contributed by atoms with Gasteiger partial charge in [-0.05, 0) is 55.7 Å². The first-order valence-corrected chi connectivity index (χ1v) is 13.9. The number of benzene rings is 3. The van der Waals surface area contributed by atoms with Crippen LogP contribution in [0.5, 0.6) is 0 Å². The highest BCUT2D eigenvalue weighted by atomic mass is 35.5. The topological polar surface area (TPSA) is 71.4 Å². The van der Waals surface area contributed by atoms with Crippen molar-refractivity contribution in [2.75, 3.05) is 18.4 Å². The van der Waals surface area contributed by atoms with E-state index in [1.54, 1.807) is 24.3 Å². The van der Waals surface area contributed by atoms with Gasteiger partial charge in [0.25, 0.3) is 0 Å². The quantitative estimate of drug-likeness (QED) is 0.365. The van der Waals surface area contributed by atoms with Gasteiger partial charge in [-0.25, -0.2) is 12.7 Å². The first-order valence-electron chi connectivity index (χ1n) is 11.9. The molecule has 1 aliphatic rings. The molecular formula is C27H28ClN3O3S. The Morgan fingerprint density at radius 3 is 2.40 bits per heavy atom. The Bertz CT molecular complexity index is 1500. The molecule has 182 valence electrons. The summed E-state index contributed by atoms with van der Waals surface area (Å²) in [5.41, 5.74) is 3.67. The summed E-state index contributed by atoms with van der Waals surface area (Å²) in [6.07, 6.45) is 0.982. The van der Waals surface area contributed by atoms with Crippen molar-refractivity contribution >= 4 is 55.0 Å². The molecule has 0 radical (unpaired) electrons. The minimum absolute atomic E-state index is 0.0632. The Morgan fingerprint density at radius 2 is 1.66 bits per heavy atom. The minimum Gasteiger partial charge on any atom is -0.341 e. The fraction of sp³-hybridized carbons (Fsp3) is 0.296. The van der Waals surface area contributed by atoms with Gasteiger partial charge in [0.15, 0.2) is 0 Å². The zero-order chi connectivity index (χ0) is 24.6. The smallest absolute Gasteiger partial charge is 0.227 e. The zero-order valence-electron chi connectivity index (χ0n) is 19.6. The number of fused-ring (bicyclic) bond motifs is 3. The van der Waals surface area contributed by atoms with Crippen LogP contribution in [0.4, 0.5) is 5.69 Å². The van der Waals surface area contributed by atoms with Crippen molar-refractivity contribution in [2.45, 2.75) is 32.1 Å². The van der Waals surface area contributed by atoms with E-state index in [0.29, 0.717) is 36.5 Å². The molecule has 0 spiro atoms. The average Bonchev–Trinajstić information content (AvgIpc) is 3.18. The van der Waals surface area contributed by atoms with Crippen LogP contribution < -0.4 is 5.32 Å². The second-order valence-corrected chi connectivity index (χ2v) is 11.4. The molecule has 4 aromatic rings. The fourth-order valence-corrected chi connectivity index (χ4v) is 6.89. The van der Waals surface area contributed by atoms with Crippen LogP contribution in [0.2, 0.25) is 5.02 Å². The monoisotopic (exact) mass is 509 g/mol. The number of nitrogens with one attached hydrogen (secondary N) is 1. The summed E-state index contributed by atoms with van der Waals surface area (Å²) in [6, 6.07) is 21.3. The molecule has 2 heterocycles. The lowest BCUT2D eigenvalue weighted by molar-refractivity contribution is -0.120. The van der Waals surface area contributed by atoms with Gasteiger partial charge in [-0.1, -0.05) is 48.0 Å². The molecule has 1 aliphatic heterocycles. The van der Waals surface area contributed by atoms with Crippen LogP contribution in [0.3, 0.4) is 0 Å². The minimum atomic E-state index is -3.50. The molecule has 6 nitrogen and oxygen atoms in total. The predicted octanol–water partition coefficient (Wildman–Crippen LogP) is 5.65. The van der Waals surface area contributed by atoms with Crippen molar-refractivity contribution < 1.29 is 13.2 Å². The third-order valence-electron chi connectivity index (χ3n) is 6.87. The van der Waals surface area contributed by atoms with E-state index in [-0.39, 0.29) is 17.6 Å². The largest absolute Gasteiger partial charge is 0.341 e. The lowest BCUT2D eigenvalue weighted by Crippen LogP contribution is -2.41. The maximum absolute atomic E-state index is 13.0. The SMILES string of the molecule is CCn1c2ccccc2c2cc(NC(=O)C3CCN(S(=O)(=O)Cc4ccccc4Cl)CC3)ccc21. The standard InChI is InChI=1S/C27H28ClN3O3S/c1-2-31-25-10-6-4-8-22(25)23-17-21(11-12-26(23)31)29-27(32)19-13-15-30(16-14-19)35(33,34)18-20-7-3-5-9-24(20)28/h3-12,17,19H,2,13-16,18H2,1H3,(H,29,32). The fourth-order valence-electron chi connectivity index (χ4n) is 5.02. The maximum Gasteiger partial charge on any atom is 0.227 e. The van der Waals surface area contributed by atoms with Crippen molar-refractivity contribution in [1.82, 2.24) is 8.87 Å². The van der Waals surface area contributed by atoms with Gasteiger partial charge in [0.2, 0.25) is 15.9 Å². The van der Waals surface area contributed by atoms with E-state index in [0.717, 1.165) is 28.5 Å². The van der Waals surface area contributed by atoms with Gasteiger partial charge in [0.05, 0.1) is 5.75 Å². The second kappa shape index (κ2) is 9.64. The second-order valence-electron chi connectivity index (χ2n) is 9.00. The summed E-state index contributed by atoms with van der Waals surface area (Å²) in [7, 11) is -3.50. The number of aromatic nitrogens is 1. The number of hydrogen-bond donors (Lipinski definition) is 1. The van der Waals surface area contributed by atoms with E-state index in [2.05, 4.69) is 35.0 Å². The molecule has 0 saturated carbocycles. The number of sulfonamides is 1. The van der Waals surface area contributed by atoms with Gasteiger partial charge in [-0.2, -0.15) is 0 Å². The van der Waals surface area contributed by atoms with E-state index in [4.69, 9.17) is 11.6 Å². The number of carbonyl (C=O) groups excluding carboxylic acids is 1. The molecule has 35 heavy (non-hydrogen) atoms. The van der Waals surface area contributed by atoms with Crippen molar-refractivity contribution in [3.05, 3.63) is 77.3 Å². The molecule has 1 N–H and O–H groups in total. The number of anilines is 1.